The van der Waals surface area contributed by atoms with Crippen LogP contribution in [0, 0.1) is 0 Å². The number of alkyl halides is 1. The summed E-state index contributed by atoms with van der Waals surface area (Å²) in [5, 5.41) is 28.5. The molecular formula is C8H14FNO5. The molecule has 0 unspecified atom stereocenters. The predicted molar refractivity (Wildman–Crippen MR) is 47.7 cm³/mol. The van der Waals surface area contributed by atoms with E-state index in [1.807, 2.05) is 5.32 Å². The van der Waals surface area contributed by atoms with Crippen molar-refractivity contribution in [2.75, 3.05) is 6.61 Å². The van der Waals surface area contributed by atoms with Gasteiger partial charge in [-0.2, -0.15) is 0 Å². The van der Waals surface area contributed by atoms with Crippen molar-refractivity contribution in [3.05, 3.63) is 0 Å². The van der Waals surface area contributed by atoms with Gasteiger partial charge in [-0.05, 0) is 0 Å². The lowest BCUT2D eigenvalue weighted by Gasteiger charge is -2.24. The van der Waals surface area contributed by atoms with E-state index in [4.69, 9.17) is 10.2 Å². The third kappa shape index (κ3) is 4.32. The molecule has 0 aliphatic rings. The molecule has 0 rings (SSSR count). The summed E-state index contributed by atoms with van der Waals surface area (Å²) in [6, 6.07) is -1.45. The highest BCUT2D eigenvalue weighted by molar-refractivity contribution is 5.77. The number of carbonyl (C=O) groups is 2. The highest BCUT2D eigenvalue weighted by Crippen LogP contribution is 2.08. The number of amides is 1. The monoisotopic (exact) mass is 223 g/mol. The molecule has 0 fully saturated rings. The second kappa shape index (κ2) is 6.44. The number of halogens is 1. The van der Waals surface area contributed by atoms with Gasteiger partial charge in [0.25, 0.3) is 0 Å². The normalized spacial score (nSPS) is 18.7. The molecule has 88 valence electrons. The maximum Gasteiger partial charge on any atom is 0.217 e. The standard InChI is InChI=1S/C8H14FNO5/c1-4(13)10-5(2-11)8(15)7(9)6(14)3-12/h2,5-8,12,14-15H,3H2,1H3,(H,10,13)/t5-,6+,7+,8+/m0/s1. The van der Waals surface area contributed by atoms with Crippen LogP contribution in [0.5, 0.6) is 0 Å². The number of aliphatic hydroxyl groups is 3. The summed E-state index contributed by atoms with van der Waals surface area (Å²) in [6.07, 6.45) is -5.75. The molecule has 0 aromatic rings. The largest absolute Gasteiger partial charge is 0.394 e. The number of aliphatic hydroxyl groups excluding tert-OH is 3. The van der Waals surface area contributed by atoms with Crippen LogP contribution >= 0.6 is 0 Å². The highest BCUT2D eigenvalue weighted by atomic mass is 19.1. The predicted octanol–water partition coefficient (Wildman–Crippen LogP) is -2.26. The first-order valence-corrected chi connectivity index (χ1v) is 4.27. The van der Waals surface area contributed by atoms with Crippen LogP contribution in [0.25, 0.3) is 0 Å². The Kier molecular flexibility index (Phi) is 5.99. The van der Waals surface area contributed by atoms with E-state index in [1.165, 1.54) is 0 Å². The quantitative estimate of drug-likeness (QED) is 0.380. The number of nitrogens with one attached hydrogen (secondary N) is 1. The SMILES string of the molecule is CC(=O)N[C@@H](C=O)[C@@H](O)[C@H](F)[C@H](O)CO. The van der Waals surface area contributed by atoms with Gasteiger partial charge < -0.3 is 25.4 Å². The van der Waals surface area contributed by atoms with Crippen molar-refractivity contribution in [2.45, 2.75) is 31.3 Å². The van der Waals surface area contributed by atoms with E-state index in [-0.39, 0.29) is 6.29 Å². The van der Waals surface area contributed by atoms with Crippen molar-refractivity contribution in [3.8, 4) is 0 Å². The Morgan fingerprint density at radius 1 is 1.53 bits per heavy atom. The van der Waals surface area contributed by atoms with E-state index in [9.17, 15) is 19.1 Å². The summed E-state index contributed by atoms with van der Waals surface area (Å²) in [5.41, 5.74) is 0. The van der Waals surface area contributed by atoms with Gasteiger partial charge in [-0.3, -0.25) is 4.79 Å². The highest BCUT2D eigenvalue weighted by Gasteiger charge is 2.32. The van der Waals surface area contributed by atoms with Crippen molar-refractivity contribution in [2.24, 2.45) is 0 Å². The average Bonchev–Trinajstić information content (AvgIpc) is 2.22. The molecule has 6 nitrogen and oxygen atoms in total. The first-order chi connectivity index (χ1) is 6.93. The van der Waals surface area contributed by atoms with Crippen LogP contribution in [-0.2, 0) is 9.59 Å². The molecule has 0 aromatic heterocycles. The third-order valence-electron chi connectivity index (χ3n) is 1.77. The Hall–Kier alpha value is -1.05. The number of rotatable bonds is 6. The van der Waals surface area contributed by atoms with Crippen molar-refractivity contribution < 1.29 is 29.3 Å². The second-order valence-electron chi connectivity index (χ2n) is 3.05. The Morgan fingerprint density at radius 2 is 2.07 bits per heavy atom. The Labute approximate surface area is 85.7 Å². The lowest BCUT2D eigenvalue weighted by atomic mass is 10.0. The van der Waals surface area contributed by atoms with Gasteiger partial charge in [0.1, 0.15) is 24.5 Å². The van der Waals surface area contributed by atoms with E-state index in [1.54, 1.807) is 0 Å². The smallest absolute Gasteiger partial charge is 0.217 e. The fourth-order valence-corrected chi connectivity index (χ4v) is 0.961. The van der Waals surface area contributed by atoms with Crippen LogP contribution in [0.1, 0.15) is 6.92 Å². The van der Waals surface area contributed by atoms with E-state index in [0.717, 1.165) is 6.92 Å². The summed E-state index contributed by atoms with van der Waals surface area (Å²) in [4.78, 5) is 21.0. The van der Waals surface area contributed by atoms with Crippen LogP contribution < -0.4 is 5.32 Å². The zero-order valence-electron chi connectivity index (χ0n) is 8.13. The van der Waals surface area contributed by atoms with Gasteiger partial charge in [0, 0.05) is 6.92 Å². The molecule has 0 saturated heterocycles. The van der Waals surface area contributed by atoms with Gasteiger partial charge in [0.05, 0.1) is 6.61 Å². The minimum atomic E-state index is -2.21. The van der Waals surface area contributed by atoms with Gasteiger partial charge in [0.2, 0.25) is 5.91 Å². The lowest BCUT2D eigenvalue weighted by molar-refractivity contribution is -0.126. The van der Waals surface area contributed by atoms with E-state index < -0.39 is 36.9 Å². The van der Waals surface area contributed by atoms with E-state index >= 15 is 0 Å². The summed E-state index contributed by atoms with van der Waals surface area (Å²) in [7, 11) is 0. The molecule has 4 N–H and O–H groups in total. The molecule has 0 heterocycles. The molecule has 4 atom stereocenters. The van der Waals surface area contributed by atoms with Crippen LogP contribution in [0.2, 0.25) is 0 Å². The second-order valence-corrected chi connectivity index (χ2v) is 3.05. The van der Waals surface area contributed by atoms with Crippen molar-refractivity contribution in [1.82, 2.24) is 5.32 Å². The molecule has 7 heteroatoms. The molecule has 0 spiro atoms. The average molecular weight is 223 g/mol. The van der Waals surface area contributed by atoms with Gasteiger partial charge in [0.15, 0.2) is 6.17 Å². The molecule has 0 saturated carbocycles. The van der Waals surface area contributed by atoms with Crippen molar-refractivity contribution in [3.63, 3.8) is 0 Å². The maximum atomic E-state index is 13.1. The van der Waals surface area contributed by atoms with Crippen LogP contribution in [-0.4, -0.2) is 58.5 Å². The van der Waals surface area contributed by atoms with Crippen molar-refractivity contribution in [1.29, 1.82) is 0 Å². The minimum Gasteiger partial charge on any atom is -0.394 e. The number of aldehydes is 1. The van der Waals surface area contributed by atoms with Crippen LogP contribution in [0.3, 0.4) is 0 Å². The molecule has 0 aliphatic carbocycles. The Morgan fingerprint density at radius 3 is 2.40 bits per heavy atom. The molecule has 1 amide bonds. The van der Waals surface area contributed by atoms with Gasteiger partial charge in [-0.1, -0.05) is 0 Å². The summed E-state index contributed by atoms with van der Waals surface area (Å²) in [6.45, 7) is 0.211. The first kappa shape index (κ1) is 13.9. The topological polar surface area (TPSA) is 107 Å². The molecule has 0 aromatic carbocycles. The van der Waals surface area contributed by atoms with E-state index in [2.05, 4.69) is 0 Å². The minimum absolute atomic E-state index is 0.155. The zero-order valence-corrected chi connectivity index (χ0v) is 8.13. The first-order valence-electron chi connectivity index (χ1n) is 4.27. The van der Waals surface area contributed by atoms with Crippen LogP contribution in [0.4, 0.5) is 4.39 Å². The third-order valence-corrected chi connectivity index (χ3v) is 1.77. The summed E-state index contributed by atoms with van der Waals surface area (Å²) < 4.78 is 13.1. The maximum absolute atomic E-state index is 13.1. The number of hydrogen-bond donors (Lipinski definition) is 4. The molecule has 0 bridgehead atoms. The molecular weight excluding hydrogens is 209 g/mol. The Bertz CT molecular complexity index is 225. The number of carbonyl (C=O) groups excluding carboxylic acids is 2. The molecule has 0 radical (unpaired) electrons. The molecule has 0 aliphatic heterocycles. The fourth-order valence-electron chi connectivity index (χ4n) is 0.961. The van der Waals surface area contributed by atoms with E-state index in [0.29, 0.717) is 0 Å². The summed E-state index contributed by atoms with van der Waals surface area (Å²) >= 11 is 0. The van der Waals surface area contributed by atoms with Gasteiger partial charge in [-0.15, -0.1) is 0 Å². The van der Waals surface area contributed by atoms with Gasteiger partial charge >= 0.3 is 0 Å². The van der Waals surface area contributed by atoms with Crippen molar-refractivity contribution >= 4 is 12.2 Å². The van der Waals surface area contributed by atoms with Crippen LogP contribution in [0.15, 0.2) is 0 Å². The Balaban J connectivity index is 4.42. The lowest BCUT2D eigenvalue weighted by Crippen LogP contribution is -2.51. The fraction of sp³-hybridized carbons (Fsp3) is 0.750. The zero-order chi connectivity index (χ0) is 12.0. The number of hydrogen-bond acceptors (Lipinski definition) is 5. The van der Waals surface area contributed by atoms with Gasteiger partial charge in [-0.25, -0.2) is 4.39 Å². The summed E-state index contributed by atoms with van der Waals surface area (Å²) in [5.74, 6) is -0.614. The molecule has 15 heavy (non-hydrogen) atoms.